The summed E-state index contributed by atoms with van der Waals surface area (Å²) < 4.78 is 1.06. The van der Waals surface area contributed by atoms with Crippen molar-refractivity contribution in [2.24, 2.45) is 0 Å². The molecule has 0 saturated heterocycles. The molecule has 0 bridgehead atoms. The Morgan fingerprint density at radius 2 is 2.05 bits per heavy atom. The van der Waals surface area contributed by atoms with Crippen LogP contribution >= 0.6 is 15.9 Å². The van der Waals surface area contributed by atoms with Crippen molar-refractivity contribution in [3.63, 3.8) is 0 Å². The standard InChI is InChI=1S/C16H27BrN2O/c1-6-9-18-12(2)13-7-8-15(14(17)10-13)19(5)16(3,4)11-20/h7-8,10,12,18,20H,6,9,11H2,1-5H3. The lowest BCUT2D eigenvalue weighted by Gasteiger charge is -2.36. The Labute approximate surface area is 131 Å². The molecule has 0 heterocycles. The molecule has 0 saturated carbocycles. The van der Waals surface area contributed by atoms with Gasteiger partial charge in [-0.1, -0.05) is 13.0 Å². The molecule has 1 aromatic rings. The van der Waals surface area contributed by atoms with Crippen LogP contribution in [-0.2, 0) is 0 Å². The number of halogens is 1. The van der Waals surface area contributed by atoms with Gasteiger partial charge in [-0.15, -0.1) is 0 Å². The maximum Gasteiger partial charge on any atom is 0.0658 e. The minimum absolute atomic E-state index is 0.117. The van der Waals surface area contributed by atoms with Crippen LogP contribution in [0.5, 0.6) is 0 Å². The Hall–Kier alpha value is -0.580. The van der Waals surface area contributed by atoms with Gasteiger partial charge in [0.2, 0.25) is 0 Å². The van der Waals surface area contributed by atoms with Crippen molar-refractivity contribution < 1.29 is 5.11 Å². The monoisotopic (exact) mass is 342 g/mol. The lowest BCUT2D eigenvalue weighted by Crippen LogP contribution is -2.44. The molecule has 1 aromatic carbocycles. The molecule has 3 nitrogen and oxygen atoms in total. The molecule has 1 rings (SSSR count). The largest absolute Gasteiger partial charge is 0.394 e. The number of benzene rings is 1. The fourth-order valence-electron chi connectivity index (χ4n) is 1.98. The first kappa shape index (κ1) is 17.5. The van der Waals surface area contributed by atoms with Crippen molar-refractivity contribution in [2.75, 3.05) is 25.1 Å². The van der Waals surface area contributed by atoms with E-state index >= 15 is 0 Å². The average molecular weight is 343 g/mol. The Kier molecular flexibility index (Phi) is 6.49. The van der Waals surface area contributed by atoms with E-state index < -0.39 is 0 Å². The van der Waals surface area contributed by atoms with Gasteiger partial charge in [0.25, 0.3) is 0 Å². The number of anilines is 1. The SMILES string of the molecule is CCCNC(C)c1ccc(N(C)C(C)(C)CO)c(Br)c1. The van der Waals surface area contributed by atoms with Crippen molar-refractivity contribution >= 4 is 21.6 Å². The third-order valence-corrected chi connectivity index (χ3v) is 4.46. The molecule has 0 aliphatic rings. The molecule has 2 N–H and O–H groups in total. The van der Waals surface area contributed by atoms with Crippen molar-refractivity contribution in [2.45, 2.75) is 45.7 Å². The quantitative estimate of drug-likeness (QED) is 0.792. The van der Waals surface area contributed by atoms with Crippen LogP contribution in [0.15, 0.2) is 22.7 Å². The van der Waals surface area contributed by atoms with Gasteiger partial charge in [0.05, 0.1) is 17.8 Å². The third kappa shape index (κ3) is 4.21. The summed E-state index contributed by atoms with van der Waals surface area (Å²) in [6, 6.07) is 6.77. The van der Waals surface area contributed by atoms with E-state index in [4.69, 9.17) is 0 Å². The molecule has 20 heavy (non-hydrogen) atoms. The van der Waals surface area contributed by atoms with Crippen LogP contribution in [-0.4, -0.2) is 30.8 Å². The number of aliphatic hydroxyl groups excluding tert-OH is 1. The van der Waals surface area contributed by atoms with Crippen LogP contribution < -0.4 is 10.2 Å². The van der Waals surface area contributed by atoms with E-state index in [9.17, 15) is 5.11 Å². The first-order valence-electron chi connectivity index (χ1n) is 7.21. The molecule has 1 unspecified atom stereocenters. The van der Waals surface area contributed by atoms with Gasteiger partial charge < -0.3 is 15.3 Å². The van der Waals surface area contributed by atoms with Crippen LogP contribution in [0.4, 0.5) is 5.69 Å². The van der Waals surface area contributed by atoms with Crippen molar-refractivity contribution in [1.82, 2.24) is 5.32 Å². The Balaban J connectivity index is 2.93. The molecule has 0 fully saturated rings. The minimum Gasteiger partial charge on any atom is -0.394 e. The van der Waals surface area contributed by atoms with E-state index in [0.717, 1.165) is 23.1 Å². The van der Waals surface area contributed by atoms with Gasteiger partial charge in [0, 0.05) is 17.6 Å². The summed E-state index contributed by atoms with van der Waals surface area (Å²) in [5, 5.41) is 13.0. The number of nitrogens with one attached hydrogen (secondary N) is 1. The van der Waals surface area contributed by atoms with Crippen molar-refractivity contribution in [1.29, 1.82) is 0 Å². The third-order valence-electron chi connectivity index (χ3n) is 3.83. The summed E-state index contributed by atoms with van der Waals surface area (Å²) in [5.41, 5.74) is 2.08. The molecular formula is C16H27BrN2O. The molecule has 0 aliphatic carbocycles. The Morgan fingerprint density at radius 1 is 1.40 bits per heavy atom. The molecule has 4 heteroatoms. The average Bonchev–Trinajstić information content (AvgIpc) is 2.43. The summed E-state index contributed by atoms with van der Waals surface area (Å²) >= 11 is 3.65. The molecule has 1 atom stereocenters. The molecule has 0 amide bonds. The van der Waals surface area contributed by atoms with E-state index in [0.29, 0.717) is 6.04 Å². The Bertz CT molecular complexity index is 434. The van der Waals surface area contributed by atoms with Crippen LogP contribution in [0.1, 0.15) is 45.7 Å². The van der Waals surface area contributed by atoms with Gasteiger partial charge in [0.15, 0.2) is 0 Å². The highest BCUT2D eigenvalue weighted by molar-refractivity contribution is 9.10. The fraction of sp³-hybridized carbons (Fsp3) is 0.625. The summed E-state index contributed by atoms with van der Waals surface area (Å²) in [4.78, 5) is 2.10. The predicted molar refractivity (Wildman–Crippen MR) is 90.4 cm³/mol. The summed E-state index contributed by atoms with van der Waals surface area (Å²) in [6.45, 7) is 9.55. The van der Waals surface area contributed by atoms with Crippen molar-refractivity contribution in [3.8, 4) is 0 Å². The summed E-state index contributed by atoms with van der Waals surface area (Å²) in [7, 11) is 2.01. The van der Waals surface area contributed by atoms with Crippen LogP contribution in [0.25, 0.3) is 0 Å². The molecule has 114 valence electrons. The first-order chi connectivity index (χ1) is 9.33. The summed E-state index contributed by atoms with van der Waals surface area (Å²) in [6.07, 6.45) is 1.14. The van der Waals surface area contributed by atoms with Crippen LogP contribution in [0.2, 0.25) is 0 Å². The maximum atomic E-state index is 9.49. The highest BCUT2D eigenvalue weighted by atomic mass is 79.9. The van der Waals surface area contributed by atoms with E-state index in [2.05, 4.69) is 58.2 Å². The van der Waals surface area contributed by atoms with Gasteiger partial charge in [-0.05, 0) is 67.4 Å². The number of rotatable bonds is 7. The second kappa shape index (κ2) is 7.43. The fourth-order valence-corrected chi connectivity index (χ4v) is 2.64. The molecule has 0 spiro atoms. The number of hydrogen-bond acceptors (Lipinski definition) is 3. The van der Waals surface area contributed by atoms with E-state index in [1.165, 1.54) is 5.56 Å². The molecule has 0 aromatic heterocycles. The zero-order valence-electron chi connectivity index (χ0n) is 13.2. The van der Waals surface area contributed by atoms with Gasteiger partial charge in [-0.3, -0.25) is 0 Å². The second-order valence-corrected chi connectivity index (χ2v) is 6.77. The lowest BCUT2D eigenvalue weighted by atomic mass is 10.0. The number of aliphatic hydroxyl groups is 1. The van der Waals surface area contributed by atoms with Gasteiger partial charge >= 0.3 is 0 Å². The maximum absolute atomic E-state index is 9.49. The number of hydrogen-bond donors (Lipinski definition) is 2. The molecule has 0 aliphatic heterocycles. The zero-order chi connectivity index (χ0) is 15.3. The molecule has 0 radical (unpaired) electrons. The topological polar surface area (TPSA) is 35.5 Å². The van der Waals surface area contributed by atoms with Crippen LogP contribution in [0, 0.1) is 0 Å². The highest BCUT2D eigenvalue weighted by Crippen LogP contribution is 2.32. The lowest BCUT2D eigenvalue weighted by molar-refractivity contribution is 0.216. The number of nitrogens with zero attached hydrogens (tertiary/aromatic N) is 1. The van der Waals surface area contributed by atoms with Crippen LogP contribution in [0.3, 0.4) is 0 Å². The van der Waals surface area contributed by atoms with E-state index in [-0.39, 0.29) is 12.1 Å². The smallest absolute Gasteiger partial charge is 0.0658 e. The second-order valence-electron chi connectivity index (χ2n) is 5.92. The van der Waals surface area contributed by atoms with Gasteiger partial charge in [-0.2, -0.15) is 0 Å². The van der Waals surface area contributed by atoms with E-state index in [1.54, 1.807) is 0 Å². The Morgan fingerprint density at radius 3 is 2.55 bits per heavy atom. The van der Waals surface area contributed by atoms with Crippen molar-refractivity contribution in [3.05, 3.63) is 28.2 Å². The normalized spacial score (nSPS) is 13.3. The highest BCUT2D eigenvalue weighted by Gasteiger charge is 2.24. The minimum atomic E-state index is -0.282. The van der Waals surface area contributed by atoms with E-state index in [1.807, 2.05) is 20.9 Å². The predicted octanol–water partition coefficient (Wildman–Crippen LogP) is 3.72. The summed E-state index contributed by atoms with van der Waals surface area (Å²) in [5.74, 6) is 0. The first-order valence-corrected chi connectivity index (χ1v) is 8.00. The van der Waals surface area contributed by atoms with Gasteiger partial charge in [-0.25, -0.2) is 0 Å². The van der Waals surface area contributed by atoms with Gasteiger partial charge in [0.1, 0.15) is 0 Å². The molecular weight excluding hydrogens is 316 g/mol. The number of likely N-dealkylation sites (N-methyl/N-ethyl adjacent to an activating group) is 1. The zero-order valence-corrected chi connectivity index (χ0v) is 14.8.